The summed E-state index contributed by atoms with van der Waals surface area (Å²) in [6.07, 6.45) is 0. The molecule has 0 atom stereocenters. The van der Waals surface area contributed by atoms with Gasteiger partial charge in [0.2, 0.25) is 0 Å². The van der Waals surface area contributed by atoms with Crippen LogP contribution >= 0.6 is 11.3 Å². The minimum absolute atomic E-state index is 0.760. The van der Waals surface area contributed by atoms with Crippen LogP contribution in [0.3, 0.4) is 0 Å². The summed E-state index contributed by atoms with van der Waals surface area (Å²) in [6.45, 7) is 6.68. The lowest BCUT2D eigenvalue weighted by Crippen LogP contribution is -2.46. The molecule has 3 aromatic rings. The topological polar surface area (TPSA) is 73.3 Å². The molecule has 24 heavy (non-hydrogen) atoms. The van der Waals surface area contributed by atoms with Gasteiger partial charge in [-0.2, -0.15) is 9.78 Å². The van der Waals surface area contributed by atoms with Crippen molar-refractivity contribution in [3.8, 4) is 6.07 Å². The Morgan fingerprint density at radius 1 is 1.21 bits per heavy atom. The third kappa shape index (κ3) is 2.84. The maximum absolute atomic E-state index is 8.92. The molecule has 1 fully saturated rings. The van der Waals surface area contributed by atoms with Crippen LogP contribution in [-0.2, 0) is 6.54 Å². The van der Waals surface area contributed by atoms with Gasteiger partial charge >= 0.3 is 0 Å². The van der Waals surface area contributed by atoms with Crippen LogP contribution in [-0.4, -0.2) is 50.9 Å². The van der Waals surface area contributed by atoms with Crippen LogP contribution in [0.1, 0.15) is 16.3 Å². The van der Waals surface area contributed by atoms with Crippen LogP contribution in [0.25, 0.3) is 5.65 Å². The lowest BCUT2D eigenvalue weighted by molar-refractivity contribution is 0.251. The van der Waals surface area contributed by atoms with Gasteiger partial charge in [0.15, 0.2) is 11.5 Å². The van der Waals surface area contributed by atoms with Crippen molar-refractivity contribution in [2.45, 2.75) is 13.5 Å². The molecular formula is C16H17N7S. The van der Waals surface area contributed by atoms with Gasteiger partial charge in [0, 0.05) is 43.0 Å². The lowest BCUT2D eigenvalue weighted by Gasteiger charge is -2.35. The summed E-state index contributed by atoms with van der Waals surface area (Å²) >= 11 is 1.66. The molecule has 0 aromatic carbocycles. The SMILES string of the molecule is Cc1nnc2ccc(N3CCN(Cc4cc(C#N)cs4)CC3)nn12. The largest absolute Gasteiger partial charge is 0.353 e. The Kier molecular flexibility index (Phi) is 3.88. The first-order valence-corrected chi connectivity index (χ1v) is 8.75. The molecule has 1 saturated heterocycles. The number of thiophene rings is 1. The fraction of sp³-hybridized carbons (Fsp3) is 0.375. The molecule has 8 heteroatoms. The standard InChI is InChI=1S/C16H17N7S/c1-12-18-19-15-2-3-16(20-23(12)15)22-6-4-21(5-7-22)10-14-8-13(9-17)11-24-14/h2-3,8,11H,4-7,10H2,1H3. The van der Waals surface area contributed by atoms with Crippen LogP contribution in [0.4, 0.5) is 5.82 Å². The highest BCUT2D eigenvalue weighted by atomic mass is 32.1. The Morgan fingerprint density at radius 3 is 2.79 bits per heavy atom. The van der Waals surface area contributed by atoms with Gasteiger partial charge in [0.25, 0.3) is 0 Å². The molecule has 0 radical (unpaired) electrons. The van der Waals surface area contributed by atoms with E-state index < -0.39 is 0 Å². The van der Waals surface area contributed by atoms with Gasteiger partial charge in [-0.05, 0) is 25.1 Å². The molecule has 122 valence electrons. The van der Waals surface area contributed by atoms with Crippen molar-refractivity contribution in [3.05, 3.63) is 39.8 Å². The van der Waals surface area contributed by atoms with Crippen LogP contribution in [0.2, 0.25) is 0 Å². The first-order chi connectivity index (χ1) is 11.7. The molecule has 1 aliphatic rings. The molecule has 0 saturated carbocycles. The highest BCUT2D eigenvalue weighted by Crippen LogP contribution is 2.19. The second-order valence-corrected chi connectivity index (χ2v) is 6.88. The minimum Gasteiger partial charge on any atom is -0.353 e. The van der Waals surface area contributed by atoms with Crippen molar-refractivity contribution in [2.75, 3.05) is 31.1 Å². The minimum atomic E-state index is 0.760. The highest BCUT2D eigenvalue weighted by Gasteiger charge is 2.19. The third-order valence-corrected chi connectivity index (χ3v) is 5.18. The zero-order chi connectivity index (χ0) is 16.5. The quantitative estimate of drug-likeness (QED) is 0.723. The Morgan fingerprint density at radius 2 is 2.04 bits per heavy atom. The lowest BCUT2D eigenvalue weighted by atomic mass is 10.2. The second kappa shape index (κ2) is 6.19. The summed E-state index contributed by atoms with van der Waals surface area (Å²) in [5, 5.41) is 23.6. The van der Waals surface area contributed by atoms with Gasteiger partial charge in [0.05, 0.1) is 5.56 Å². The van der Waals surface area contributed by atoms with Gasteiger partial charge in [-0.15, -0.1) is 26.6 Å². The number of piperazine rings is 1. The maximum Gasteiger partial charge on any atom is 0.178 e. The number of fused-ring (bicyclic) bond motifs is 1. The van der Waals surface area contributed by atoms with Gasteiger partial charge in [-0.1, -0.05) is 0 Å². The van der Waals surface area contributed by atoms with E-state index in [9.17, 15) is 0 Å². The summed E-state index contributed by atoms with van der Waals surface area (Å²) in [5.74, 6) is 1.77. The van der Waals surface area contributed by atoms with E-state index in [1.165, 1.54) is 4.88 Å². The molecule has 0 spiro atoms. The molecule has 0 aliphatic carbocycles. The van der Waals surface area contributed by atoms with Gasteiger partial charge in [0.1, 0.15) is 11.9 Å². The first-order valence-electron chi connectivity index (χ1n) is 7.87. The van der Waals surface area contributed by atoms with Crippen LogP contribution in [0.15, 0.2) is 23.6 Å². The van der Waals surface area contributed by atoms with E-state index in [1.807, 2.05) is 30.5 Å². The summed E-state index contributed by atoms with van der Waals surface area (Å²) in [6, 6.07) is 8.15. The number of rotatable bonds is 3. The zero-order valence-corrected chi connectivity index (χ0v) is 14.2. The number of nitriles is 1. The summed E-state index contributed by atoms with van der Waals surface area (Å²) in [7, 11) is 0. The normalized spacial score (nSPS) is 15.8. The average Bonchev–Trinajstić information content (AvgIpc) is 3.22. The summed E-state index contributed by atoms with van der Waals surface area (Å²) in [4.78, 5) is 5.97. The Balaban J connectivity index is 1.41. The predicted octanol–water partition coefficient (Wildman–Crippen LogP) is 1.69. The van der Waals surface area contributed by atoms with Crippen molar-refractivity contribution < 1.29 is 0 Å². The molecule has 0 unspecified atom stereocenters. The molecule has 0 N–H and O–H groups in total. The molecule has 4 rings (SSSR count). The van der Waals surface area contributed by atoms with Crippen LogP contribution in [0.5, 0.6) is 0 Å². The monoisotopic (exact) mass is 339 g/mol. The second-order valence-electron chi connectivity index (χ2n) is 5.89. The number of hydrogen-bond acceptors (Lipinski definition) is 7. The fourth-order valence-corrected chi connectivity index (χ4v) is 3.78. The molecule has 3 aromatic heterocycles. The van der Waals surface area contributed by atoms with Gasteiger partial charge in [-0.3, -0.25) is 4.90 Å². The first kappa shape index (κ1) is 15.1. The summed E-state index contributed by atoms with van der Waals surface area (Å²) in [5.41, 5.74) is 1.54. The van der Waals surface area contributed by atoms with Crippen molar-refractivity contribution in [1.82, 2.24) is 24.7 Å². The van der Waals surface area contributed by atoms with E-state index in [4.69, 9.17) is 5.26 Å². The Labute approximate surface area is 143 Å². The Bertz CT molecular complexity index is 899. The molecular weight excluding hydrogens is 322 g/mol. The maximum atomic E-state index is 8.92. The molecule has 0 bridgehead atoms. The van der Waals surface area contributed by atoms with Crippen LogP contribution in [0, 0.1) is 18.3 Å². The van der Waals surface area contributed by atoms with Crippen molar-refractivity contribution in [2.24, 2.45) is 0 Å². The van der Waals surface area contributed by atoms with E-state index in [0.29, 0.717) is 0 Å². The van der Waals surface area contributed by atoms with E-state index >= 15 is 0 Å². The van der Waals surface area contributed by atoms with Crippen molar-refractivity contribution in [3.63, 3.8) is 0 Å². The van der Waals surface area contributed by atoms with Crippen LogP contribution < -0.4 is 4.90 Å². The van der Waals surface area contributed by atoms with E-state index in [1.54, 1.807) is 15.9 Å². The van der Waals surface area contributed by atoms with Crippen molar-refractivity contribution in [1.29, 1.82) is 5.26 Å². The molecule has 1 aliphatic heterocycles. The highest BCUT2D eigenvalue weighted by molar-refractivity contribution is 7.10. The summed E-state index contributed by atoms with van der Waals surface area (Å²) < 4.78 is 1.79. The number of aromatic nitrogens is 4. The van der Waals surface area contributed by atoms with Gasteiger partial charge in [-0.25, -0.2) is 0 Å². The molecule has 7 nitrogen and oxygen atoms in total. The molecule has 0 amide bonds. The number of hydrogen-bond donors (Lipinski definition) is 0. The predicted molar refractivity (Wildman–Crippen MR) is 92.0 cm³/mol. The zero-order valence-electron chi connectivity index (χ0n) is 13.4. The smallest absolute Gasteiger partial charge is 0.178 e. The number of nitrogens with zero attached hydrogens (tertiary/aromatic N) is 7. The number of anilines is 1. The molecule has 4 heterocycles. The van der Waals surface area contributed by atoms with E-state index in [0.717, 1.165) is 55.6 Å². The Hall–Kier alpha value is -2.50. The number of aryl methyl sites for hydroxylation is 1. The third-order valence-electron chi connectivity index (χ3n) is 4.26. The average molecular weight is 339 g/mol. The van der Waals surface area contributed by atoms with E-state index in [2.05, 4.69) is 31.2 Å². The van der Waals surface area contributed by atoms with Crippen molar-refractivity contribution >= 4 is 22.8 Å². The fourth-order valence-electron chi connectivity index (χ4n) is 2.93. The van der Waals surface area contributed by atoms with E-state index in [-0.39, 0.29) is 0 Å². The van der Waals surface area contributed by atoms with Gasteiger partial charge < -0.3 is 4.90 Å².